The lowest BCUT2D eigenvalue weighted by Gasteiger charge is -2.24. The number of nitrogens with zero attached hydrogens (tertiary/aromatic N) is 5. The highest BCUT2D eigenvalue weighted by Crippen LogP contribution is 2.23. The molecule has 3 aromatic rings. The van der Waals surface area contributed by atoms with Crippen molar-refractivity contribution in [2.75, 3.05) is 6.54 Å². The summed E-state index contributed by atoms with van der Waals surface area (Å²) in [6.45, 7) is 5.54. The Morgan fingerprint density at radius 1 is 1.23 bits per heavy atom. The number of hydrogen-bond donors (Lipinski definition) is 0. The first-order valence-corrected chi connectivity index (χ1v) is 9.03. The van der Waals surface area contributed by atoms with Crippen molar-refractivity contribution < 1.29 is 4.79 Å². The maximum Gasteiger partial charge on any atom is 0.257 e. The van der Waals surface area contributed by atoms with Gasteiger partial charge in [-0.25, -0.2) is 4.68 Å². The van der Waals surface area contributed by atoms with Crippen molar-refractivity contribution in [2.45, 2.75) is 39.3 Å². The van der Waals surface area contributed by atoms with Crippen molar-refractivity contribution >= 4 is 5.91 Å². The molecule has 0 N–H and O–H groups in total. The summed E-state index contributed by atoms with van der Waals surface area (Å²) in [4.78, 5) is 15.1. The number of carbonyl (C=O) groups excluding carboxylic acids is 1. The molecule has 1 saturated heterocycles. The van der Waals surface area contributed by atoms with Gasteiger partial charge in [0.2, 0.25) is 0 Å². The summed E-state index contributed by atoms with van der Waals surface area (Å²) in [5.41, 5.74) is 3.71. The van der Waals surface area contributed by atoms with Crippen molar-refractivity contribution in [3.05, 3.63) is 65.7 Å². The summed E-state index contributed by atoms with van der Waals surface area (Å²) in [6.07, 6.45) is 7.46. The summed E-state index contributed by atoms with van der Waals surface area (Å²) in [5.74, 6) is 0.0658. The van der Waals surface area contributed by atoms with Gasteiger partial charge in [-0.1, -0.05) is 12.1 Å². The molecular weight excluding hydrogens is 326 g/mol. The van der Waals surface area contributed by atoms with Crippen LogP contribution in [0.1, 0.15) is 34.5 Å². The second-order valence-corrected chi connectivity index (χ2v) is 6.92. The molecular formula is C20H23N5O. The summed E-state index contributed by atoms with van der Waals surface area (Å²) in [6, 6.07) is 10.2. The Balaban J connectivity index is 1.58. The Kier molecular flexibility index (Phi) is 4.32. The molecule has 0 radical (unpaired) electrons. The molecule has 6 heteroatoms. The molecule has 1 fully saturated rings. The topological polar surface area (TPSA) is 56.0 Å². The Morgan fingerprint density at radius 3 is 2.88 bits per heavy atom. The molecule has 6 nitrogen and oxygen atoms in total. The fourth-order valence-electron chi connectivity index (χ4n) is 3.71. The maximum atomic E-state index is 13.2. The predicted molar refractivity (Wildman–Crippen MR) is 99.3 cm³/mol. The van der Waals surface area contributed by atoms with E-state index in [9.17, 15) is 4.79 Å². The molecule has 1 atom stereocenters. The van der Waals surface area contributed by atoms with Crippen LogP contribution in [0.15, 0.2) is 48.9 Å². The lowest BCUT2D eigenvalue weighted by molar-refractivity contribution is 0.0721. The third-order valence-electron chi connectivity index (χ3n) is 5.08. The Labute approximate surface area is 153 Å². The normalized spacial score (nSPS) is 17.0. The Hall–Kier alpha value is -2.89. The van der Waals surface area contributed by atoms with Gasteiger partial charge in [0.1, 0.15) is 0 Å². The summed E-state index contributed by atoms with van der Waals surface area (Å²) in [5, 5.41) is 8.75. The van der Waals surface area contributed by atoms with Crippen molar-refractivity contribution in [1.82, 2.24) is 24.5 Å². The molecule has 1 aromatic carbocycles. The Morgan fingerprint density at radius 2 is 2.12 bits per heavy atom. The molecule has 2 aromatic heterocycles. The minimum absolute atomic E-state index is 0.0658. The zero-order chi connectivity index (χ0) is 18.1. The van der Waals surface area contributed by atoms with Gasteiger partial charge in [-0.05, 0) is 50.5 Å². The van der Waals surface area contributed by atoms with Crippen molar-refractivity contribution in [1.29, 1.82) is 0 Å². The first-order valence-electron chi connectivity index (χ1n) is 9.03. The van der Waals surface area contributed by atoms with Crippen LogP contribution in [0.3, 0.4) is 0 Å². The molecule has 1 aliphatic rings. The van der Waals surface area contributed by atoms with Gasteiger partial charge in [0.25, 0.3) is 5.91 Å². The van der Waals surface area contributed by atoms with Crippen LogP contribution in [-0.4, -0.2) is 43.0 Å². The van der Waals surface area contributed by atoms with Gasteiger partial charge in [-0.15, -0.1) is 0 Å². The quantitative estimate of drug-likeness (QED) is 0.728. The third-order valence-corrected chi connectivity index (χ3v) is 5.08. The molecule has 1 aliphatic heterocycles. The van der Waals surface area contributed by atoms with Gasteiger partial charge < -0.3 is 4.90 Å². The van der Waals surface area contributed by atoms with Crippen LogP contribution in [0.25, 0.3) is 5.69 Å². The fraction of sp³-hybridized carbons (Fsp3) is 0.350. The van der Waals surface area contributed by atoms with E-state index in [0.29, 0.717) is 5.56 Å². The van der Waals surface area contributed by atoms with E-state index in [1.54, 1.807) is 12.4 Å². The highest BCUT2D eigenvalue weighted by atomic mass is 16.2. The predicted octanol–water partition coefficient (Wildman–Crippen LogP) is 2.99. The van der Waals surface area contributed by atoms with E-state index in [0.717, 1.165) is 37.3 Å². The van der Waals surface area contributed by atoms with Crippen LogP contribution in [-0.2, 0) is 6.54 Å². The largest absolute Gasteiger partial charge is 0.334 e. The minimum Gasteiger partial charge on any atom is -0.334 e. The van der Waals surface area contributed by atoms with Gasteiger partial charge in [0.15, 0.2) is 0 Å². The zero-order valence-corrected chi connectivity index (χ0v) is 15.2. The van der Waals surface area contributed by atoms with Crippen LogP contribution in [0.4, 0.5) is 0 Å². The standard InChI is InChI=1S/C20H23N5O/c1-15-6-3-7-17(12-15)25-16(2)19(13-22-25)20(26)24-11-4-8-18(24)14-23-10-5-9-21-23/h3,5-7,9-10,12-13,18H,4,8,11,14H2,1-2H3. The molecule has 0 aliphatic carbocycles. The van der Waals surface area contributed by atoms with Gasteiger partial charge in [-0.2, -0.15) is 10.2 Å². The number of benzene rings is 1. The fourth-order valence-corrected chi connectivity index (χ4v) is 3.71. The molecule has 0 bridgehead atoms. The molecule has 1 amide bonds. The van der Waals surface area contributed by atoms with Crippen molar-refractivity contribution in [3.63, 3.8) is 0 Å². The highest BCUT2D eigenvalue weighted by molar-refractivity contribution is 5.95. The molecule has 26 heavy (non-hydrogen) atoms. The number of aromatic nitrogens is 4. The molecule has 0 spiro atoms. The van der Waals surface area contributed by atoms with Gasteiger partial charge >= 0.3 is 0 Å². The van der Waals surface area contributed by atoms with E-state index in [4.69, 9.17) is 0 Å². The van der Waals surface area contributed by atoms with Crippen LogP contribution in [0.2, 0.25) is 0 Å². The highest BCUT2D eigenvalue weighted by Gasteiger charge is 2.31. The Bertz CT molecular complexity index is 912. The number of amides is 1. The second-order valence-electron chi connectivity index (χ2n) is 6.92. The lowest BCUT2D eigenvalue weighted by atomic mass is 10.1. The number of aryl methyl sites for hydroxylation is 1. The van der Waals surface area contributed by atoms with E-state index in [1.165, 1.54) is 5.56 Å². The van der Waals surface area contributed by atoms with E-state index >= 15 is 0 Å². The SMILES string of the molecule is Cc1cccc(-n2ncc(C(=O)N3CCCC3Cn3cccn3)c2C)c1. The van der Waals surface area contributed by atoms with E-state index < -0.39 is 0 Å². The minimum atomic E-state index is 0.0658. The van der Waals surface area contributed by atoms with E-state index in [2.05, 4.69) is 29.3 Å². The zero-order valence-electron chi connectivity index (χ0n) is 15.2. The van der Waals surface area contributed by atoms with Crippen molar-refractivity contribution in [2.24, 2.45) is 0 Å². The average Bonchev–Trinajstić information content (AvgIpc) is 3.36. The van der Waals surface area contributed by atoms with Crippen LogP contribution in [0.5, 0.6) is 0 Å². The van der Waals surface area contributed by atoms with Crippen LogP contribution < -0.4 is 0 Å². The van der Waals surface area contributed by atoms with Crippen LogP contribution >= 0.6 is 0 Å². The van der Waals surface area contributed by atoms with Gasteiger partial charge in [0.05, 0.1) is 35.7 Å². The van der Waals surface area contributed by atoms with E-state index in [1.807, 2.05) is 45.6 Å². The first kappa shape index (κ1) is 16.6. The number of hydrogen-bond acceptors (Lipinski definition) is 3. The monoisotopic (exact) mass is 349 g/mol. The van der Waals surface area contributed by atoms with Crippen molar-refractivity contribution in [3.8, 4) is 5.69 Å². The molecule has 3 heterocycles. The van der Waals surface area contributed by atoms with E-state index in [-0.39, 0.29) is 11.9 Å². The lowest BCUT2D eigenvalue weighted by Crippen LogP contribution is -2.38. The summed E-state index contributed by atoms with van der Waals surface area (Å²) < 4.78 is 3.75. The molecule has 4 rings (SSSR count). The first-order chi connectivity index (χ1) is 12.6. The number of rotatable bonds is 4. The van der Waals surface area contributed by atoms with Gasteiger partial charge in [0, 0.05) is 18.9 Å². The smallest absolute Gasteiger partial charge is 0.257 e. The molecule has 134 valence electrons. The third kappa shape index (κ3) is 3.03. The van der Waals surface area contributed by atoms with Crippen LogP contribution in [0, 0.1) is 13.8 Å². The average molecular weight is 349 g/mol. The van der Waals surface area contributed by atoms with Gasteiger partial charge in [-0.3, -0.25) is 9.48 Å². The molecule has 0 saturated carbocycles. The molecule has 1 unspecified atom stereocenters. The number of likely N-dealkylation sites (tertiary alicyclic amines) is 1. The summed E-state index contributed by atoms with van der Waals surface area (Å²) >= 11 is 0. The summed E-state index contributed by atoms with van der Waals surface area (Å²) in [7, 11) is 0. The second kappa shape index (κ2) is 6.78. The number of carbonyl (C=O) groups is 1. The maximum absolute atomic E-state index is 13.2.